The summed E-state index contributed by atoms with van der Waals surface area (Å²) in [6, 6.07) is 9.09. The number of ether oxygens (including phenoxy) is 1. The Morgan fingerprint density at radius 2 is 1.80 bits per heavy atom. The maximum Gasteiger partial charge on any atom is 0.119 e. The number of hydrogen-bond donors (Lipinski definition) is 1. The highest BCUT2D eigenvalue weighted by Crippen LogP contribution is 2.24. The molecule has 0 radical (unpaired) electrons. The normalized spacial score (nSPS) is 13.2. The van der Waals surface area contributed by atoms with E-state index in [1.165, 1.54) is 18.4 Å². The zero-order valence-electron chi connectivity index (χ0n) is 13.8. The van der Waals surface area contributed by atoms with Gasteiger partial charge in [-0.25, -0.2) is 0 Å². The number of hydrogen-bond acceptors (Lipinski definition) is 2. The fraction of sp³-hybridized carbons (Fsp3) is 0.667. The molecule has 1 unspecified atom stereocenters. The van der Waals surface area contributed by atoms with Gasteiger partial charge >= 0.3 is 0 Å². The van der Waals surface area contributed by atoms with Crippen molar-refractivity contribution in [2.45, 2.75) is 65.3 Å². The molecule has 0 aliphatic heterocycles. The van der Waals surface area contributed by atoms with E-state index in [4.69, 9.17) is 4.74 Å². The van der Waals surface area contributed by atoms with E-state index in [1.807, 2.05) is 0 Å². The lowest BCUT2D eigenvalue weighted by molar-refractivity contribution is 0.298. The van der Waals surface area contributed by atoms with Gasteiger partial charge < -0.3 is 10.1 Å². The van der Waals surface area contributed by atoms with Gasteiger partial charge in [0.2, 0.25) is 0 Å². The molecule has 20 heavy (non-hydrogen) atoms. The molecule has 1 atom stereocenters. The molecule has 0 heterocycles. The Hall–Kier alpha value is -1.02. The van der Waals surface area contributed by atoms with Crippen molar-refractivity contribution < 1.29 is 4.74 Å². The first-order chi connectivity index (χ1) is 9.43. The number of nitrogens with one attached hydrogen (secondary N) is 1. The van der Waals surface area contributed by atoms with Crippen LogP contribution < -0.4 is 10.1 Å². The largest absolute Gasteiger partial charge is 0.494 e. The van der Waals surface area contributed by atoms with E-state index in [2.05, 4.69) is 64.2 Å². The summed E-state index contributed by atoms with van der Waals surface area (Å²) < 4.78 is 5.80. The third-order valence-electron chi connectivity index (χ3n) is 3.51. The van der Waals surface area contributed by atoms with Gasteiger partial charge in [0.15, 0.2) is 0 Å². The molecule has 114 valence electrons. The first-order valence-electron chi connectivity index (χ1n) is 7.90. The van der Waals surface area contributed by atoms with Crippen molar-refractivity contribution in [2.75, 3.05) is 13.2 Å². The fourth-order valence-corrected chi connectivity index (χ4v) is 2.12. The minimum atomic E-state index is 0.207. The quantitative estimate of drug-likeness (QED) is 0.705. The van der Waals surface area contributed by atoms with Gasteiger partial charge in [-0.1, -0.05) is 39.8 Å². The lowest BCUT2D eigenvalue weighted by Gasteiger charge is -2.19. The minimum Gasteiger partial charge on any atom is -0.494 e. The van der Waals surface area contributed by atoms with E-state index in [1.54, 1.807) is 0 Å². The van der Waals surface area contributed by atoms with Crippen molar-refractivity contribution in [3.63, 3.8) is 0 Å². The smallest absolute Gasteiger partial charge is 0.119 e. The van der Waals surface area contributed by atoms with E-state index in [-0.39, 0.29) is 5.41 Å². The molecule has 0 amide bonds. The Morgan fingerprint density at radius 1 is 1.15 bits per heavy atom. The average molecular weight is 277 g/mol. The molecule has 0 saturated heterocycles. The van der Waals surface area contributed by atoms with Crippen molar-refractivity contribution in [1.29, 1.82) is 0 Å². The topological polar surface area (TPSA) is 21.3 Å². The summed E-state index contributed by atoms with van der Waals surface area (Å²) in [5.41, 5.74) is 1.56. The molecule has 2 heteroatoms. The Bertz CT molecular complexity index is 364. The highest BCUT2D eigenvalue weighted by molar-refractivity contribution is 5.31. The summed E-state index contributed by atoms with van der Waals surface area (Å²) >= 11 is 0. The maximum absolute atomic E-state index is 5.80. The van der Waals surface area contributed by atoms with E-state index in [0.717, 1.165) is 25.3 Å². The van der Waals surface area contributed by atoms with Crippen LogP contribution in [0.3, 0.4) is 0 Å². The van der Waals surface area contributed by atoms with Crippen LogP contribution in [0, 0.1) is 0 Å². The van der Waals surface area contributed by atoms with Crippen LogP contribution in [-0.4, -0.2) is 19.2 Å². The van der Waals surface area contributed by atoms with E-state index in [0.29, 0.717) is 6.04 Å². The molecule has 0 spiro atoms. The molecule has 2 nitrogen and oxygen atoms in total. The van der Waals surface area contributed by atoms with Crippen molar-refractivity contribution in [3.8, 4) is 5.75 Å². The molecular formula is C18H31NO. The molecule has 0 bridgehead atoms. The van der Waals surface area contributed by atoms with Gasteiger partial charge in [-0.05, 0) is 55.8 Å². The van der Waals surface area contributed by atoms with Crippen LogP contribution in [0.4, 0.5) is 0 Å². The van der Waals surface area contributed by atoms with Gasteiger partial charge in [-0.3, -0.25) is 0 Å². The molecule has 1 rings (SSSR count). The van der Waals surface area contributed by atoms with Crippen molar-refractivity contribution >= 4 is 0 Å². The monoisotopic (exact) mass is 277 g/mol. The van der Waals surface area contributed by atoms with E-state index >= 15 is 0 Å². The Morgan fingerprint density at radius 3 is 2.35 bits per heavy atom. The first kappa shape index (κ1) is 17.0. The predicted octanol–water partition coefficient (Wildman–Crippen LogP) is 4.53. The summed E-state index contributed by atoms with van der Waals surface area (Å²) in [7, 11) is 0. The zero-order valence-corrected chi connectivity index (χ0v) is 13.8. The van der Waals surface area contributed by atoms with Crippen LogP contribution in [0.2, 0.25) is 0 Å². The summed E-state index contributed by atoms with van der Waals surface area (Å²) in [6.45, 7) is 13.0. The highest BCUT2D eigenvalue weighted by atomic mass is 16.5. The molecule has 0 aliphatic rings. The highest BCUT2D eigenvalue weighted by Gasteiger charge is 2.12. The molecular weight excluding hydrogens is 246 g/mol. The average Bonchev–Trinajstić information content (AvgIpc) is 2.41. The van der Waals surface area contributed by atoms with Crippen molar-refractivity contribution in [2.24, 2.45) is 0 Å². The van der Waals surface area contributed by atoms with Gasteiger partial charge in [0.1, 0.15) is 5.75 Å². The van der Waals surface area contributed by atoms with Crippen LogP contribution in [0.5, 0.6) is 5.75 Å². The van der Waals surface area contributed by atoms with Crippen LogP contribution in [0.1, 0.15) is 59.4 Å². The molecule has 1 N–H and O–H groups in total. The second-order valence-corrected chi connectivity index (χ2v) is 6.62. The summed E-state index contributed by atoms with van der Waals surface area (Å²) in [4.78, 5) is 0. The Balaban J connectivity index is 2.26. The second kappa shape index (κ2) is 8.31. The van der Waals surface area contributed by atoms with Crippen molar-refractivity contribution in [1.82, 2.24) is 5.32 Å². The lowest BCUT2D eigenvalue weighted by Crippen LogP contribution is -2.26. The molecule has 1 aromatic rings. The van der Waals surface area contributed by atoms with Gasteiger partial charge in [0.05, 0.1) is 6.61 Å². The van der Waals surface area contributed by atoms with Gasteiger partial charge in [0.25, 0.3) is 0 Å². The zero-order chi connectivity index (χ0) is 15.0. The summed E-state index contributed by atoms with van der Waals surface area (Å²) in [5.74, 6) is 0.979. The third-order valence-corrected chi connectivity index (χ3v) is 3.51. The van der Waals surface area contributed by atoms with E-state index in [9.17, 15) is 0 Å². The number of benzene rings is 1. The third kappa shape index (κ3) is 6.42. The van der Waals surface area contributed by atoms with Crippen LogP contribution in [0.15, 0.2) is 24.3 Å². The van der Waals surface area contributed by atoms with Crippen LogP contribution in [0.25, 0.3) is 0 Å². The Kier molecular flexibility index (Phi) is 7.08. The Labute approximate surface area is 124 Å². The molecule has 0 fully saturated rings. The van der Waals surface area contributed by atoms with Gasteiger partial charge in [0, 0.05) is 6.04 Å². The molecule has 0 saturated carbocycles. The minimum absolute atomic E-state index is 0.207. The van der Waals surface area contributed by atoms with E-state index < -0.39 is 0 Å². The maximum atomic E-state index is 5.80. The standard InChI is InChI=1S/C18H31NO/c1-6-13-19-15(2)8-7-14-20-17-11-9-16(10-12-17)18(3,4)5/h9-12,15,19H,6-8,13-14H2,1-5H3. The molecule has 1 aromatic carbocycles. The SMILES string of the molecule is CCCNC(C)CCCOc1ccc(C(C)(C)C)cc1. The number of rotatable bonds is 8. The summed E-state index contributed by atoms with van der Waals surface area (Å²) in [5, 5.41) is 3.50. The van der Waals surface area contributed by atoms with Gasteiger partial charge in [-0.2, -0.15) is 0 Å². The molecule has 0 aromatic heterocycles. The van der Waals surface area contributed by atoms with Gasteiger partial charge in [-0.15, -0.1) is 0 Å². The van der Waals surface area contributed by atoms with Crippen LogP contribution in [-0.2, 0) is 5.41 Å². The van der Waals surface area contributed by atoms with Crippen LogP contribution >= 0.6 is 0 Å². The first-order valence-corrected chi connectivity index (χ1v) is 7.90. The molecule has 0 aliphatic carbocycles. The van der Waals surface area contributed by atoms with Crippen molar-refractivity contribution in [3.05, 3.63) is 29.8 Å². The fourth-order valence-electron chi connectivity index (χ4n) is 2.12. The predicted molar refractivity (Wildman–Crippen MR) is 87.6 cm³/mol. The summed E-state index contributed by atoms with van der Waals surface area (Å²) in [6.07, 6.45) is 3.46. The second-order valence-electron chi connectivity index (χ2n) is 6.62. The lowest BCUT2D eigenvalue weighted by atomic mass is 9.87.